The van der Waals surface area contributed by atoms with Crippen molar-refractivity contribution in [1.29, 1.82) is 0 Å². The van der Waals surface area contributed by atoms with Gasteiger partial charge in [0.2, 0.25) is 0 Å². The molecule has 0 bridgehead atoms. The first-order chi connectivity index (χ1) is 4.24. The molecule has 0 aliphatic carbocycles. The summed E-state index contributed by atoms with van der Waals surface area (Å²) >= 11 is 1.42. The standard InChI is InChI=1S/C6H5BOS/c1-4-6(7)2-5(3-8)9-4/h2-3H,1H3. The molecule has 0 amide bonds. The van der Waals surface area contributed by atoms with E-state index in [9.17, 15) is 4.79 Å². The molecule has 0 fully saturated rings. The molecule has 0 atom stereocenters. The van der Waals surface area contributed by atoms with Gasteiger partial charge in [-0.1, -0.05) is 5.46 Å². The number of aldehydes is 1. The van der Waals surface area contributed by atoms with E-state index in [-0.39, 0.29) is 0 Å². The number of hydrogen-bond donors (Lipinski definition) is 0. The van der Waals surface area contributed by atoms with Crippen LogP contribution in [-0.4, -0.2) is 14.1 Å². The second-order valence-electron chi connectivity index (χ2n) is 1.78. The Morgan fingerprint density at radius 1 is 1.78 bits per heavy atom. The van der Waals surface area contributed by atoms with Crippen molar-refractivity contribution < 1.29 is 4.79 Å². The van der Waals surface area contributed by atoms with Gasteiger partial charge in [0.25, 0.3) is 0 Å². The van der Waals surface area contributed by atoms with E-state index in [1.165, 1.54) is 11.3 Å². The van der Waals surface area contributed by atoms with Gasteiger partial charge in [-0.3, -0.25) is 4.79 Å². The van der Waals surface area contributed by atoms with Crippen LogP contribution in [0.5, 0.6) is 0 Å². The highest BCUT2D eigenvalue weighted by Crippen LogP contribution is 2.08. The van der Waals surface area contributed by atoms with Gasteiger partial charge >= 0.3 is 0 Å². The fraction of sp³-hybridized carbons (Fsp3) is 0.167. The Morgan fingerprint density at radius 2 is 2.44 bits per heavy atom. The molecule has 9 heavy (non-hydrogen) atoms. The van der Waals surface area contributed by atoms with Crippen molar-refractivity contribution in [3.8, 4) is 0 Å². The number of rotatable bonds is 1. The van der Waals surface area contributed by atoms with Gasteiger partial charge in [0, 0.05) is 0 Å². The quantitative estimate of drug-likeness (QED) is 0.409. The van der Waals surface area contributed by atoms with Crippen LogP contribution in [-0.2, 0) is 0 Å². The summed E-state index contributed by atoms with van der Waals surface area (Å²) in [6.45, 7) is 1.90. The lowest BCUT2D eigenvalue weighted by molar-refractivity contribution is 0.112. The second-order valence-corrected chi connectivity index (χ2v) is 3.07. The van der Waals surface area contributed by atoms with Gasteiger partial charge in [-0.25, -0.2) is 0 Å². The van der Waals surface area contributed by atoms with Gasteiger partial charge in [0.15, 0.2) is 6.29 Å². The molecule has 2 radical (unpaired) electrons. The third kappa shape index (κ3) is 1.22. The highest BCUT2D eigenvalue weighted by atomic mass is 32.1. The zero-order valence-electron chi connectivity index (χ0n) is 5.05. The van der Waals surface area contributed by atoms with Crippen LogP contribution >= 0.6 is 11.3 Å². The molecule has 0 aromatic carbocycles. The van der Waals surface area contributed by atoms with E-state index < -0.39 is 0 Å². The van der Waals surface area contributed by atoms with Crippen LogP contribution in [0.4, 0.5) is 0 Å². The van der Waals surface area contributed by atoms with Crippen molar-refractivity contribution in [1.82, 2.24) is 0 Å². The lowest BCUT2D eigenvalue weighted by atomic mass is 9.97. The first kappa shape index (κ1) is 6.55. The molecule has 0 unspecified atom stereocenters. The monoisotopic (exact) mass is 136 g/mol. The van der Waals surface area contributed by atoms with Crippen LogP contribution in [0.15, 0.2) is 6.07 Å². The normalized spacial score (nSPS) is 9.44. The van der Waals surface area contributed by atoms with Gasteiger partial charge in [0.05, 0.1) is 4.88 Å². The van der Waals surface area contributed by atoms with E-state index in [0.717, 1.165) is 11.2 Å². The van der Waals surface area contributed by atoms with Gasteiger partial charge in [-0.15, -0.1) is 11.3 Å². The molecular formula is C6H5BOS. The molecule has 0 N–H and O–H groups in total. The maximum Gasteiger partial charge on any atom is 0.159 e. The van der Waals surface area contributed by atoms with E-state index >= 15 is 0 Å². The zero-order chi connectivity index (χ0) is 6.85. The molecule has 0 aliphatic heterocycles. The third-order valence-electron chi connectivity index (χ3n) is 1.09. The first-order valence-electron chi connectivity index (χ1n) is 2.55. The molecule has 1 aromatic heterocycles. The van der Waals surface area contributed by atoms with Crippen LogP contribution in [0.3, 0.4) is 0 Å². The Hall–Kier alpha value is -0.565. The van der Waals surface area contributed by atoms with Crippen molar-refractivity contribution in [3.63, 3.8) is 0 Å². The van der Waals surface area contributed by atoms with Crippen molar-refractivity contribution in [2.75, 3.05) is 0 Å². The van der Waals surface area contributed by atoms with E-state index in [0.29, 0.717) is 10.3 Å². The van der Waals surface area contributed by atoms with Crippen molar-refractivity contribution >= 4 is 30.9 Å². The summed E-state index contributed by atoms with van der Waals surface area (Å²) < 4.78 is 0. The highest BCUT2D eigenvalue weighted by molar-refractivity contribution is 7.14. The van der Waals surface area contributed by atoms with Gasteiger partial charge < -0.3 is 0 Å². The molecule has 3 heteroatoms. The minimum Gasteiger partial charge on any atom is -0.297 e. The minimum absolute atomic E-state index is 0.699. The fourth-order valence-corrected chi connectivity index (χ4v) is 1.34. The summed E-state index contributed by atoms with van der Waals surface area (Å²) in [6.07, 6.45) is 0.814. The van der Waals surface area contributed by atoms with E-state index in [1.54, 1.807) is 6.07 Å². The molecule has 1 heterocycles. The molecule has 44 valence electrons. The molecule has 0 aliphatic rings. The average molecular weight is 136 g/mol. The first-order valence-corrected chi connectivity index (χ1v) is 3.37. The molecular weight excluding hydrogens is 131 g/mol. The molecule has 1 nitrogen and oxygen atoms in total. The average Bonchev–Trinajstić information content (AvgIpc) is 2.13. The van der Waals surface area contributed by atoms with Crippen LogP contribution < -0.4 is 5.46 Å². The predicted octanol–water partition coefficient (Wildman–Crippen LogP) is 0.663. The topological polar surface area (TPSA) is 17.1 Å². The molecule has 0 saturated heterocycles. The zero-order valence-corrected chi connectivity index (χ0v) is 5.87. The molecule has 1 aromatic rings. The van der Waals surface area contributed by atoms with Crippen LogP contribution in [0.25, 0.3) is 0 Å². The Bertz CT molecular complexity index is 209. The van der Waals surface area contributed by atoms with Crippen LogP contribution in [0.1, 0.15) is 14.5 Å². The largest absolute Gasteiger partial charge is 0.297 e. The van der Waals surface area contributed by atoms with Gasteiger partial charge in [-0.2, -0.15) is 0 Å². The van der Waals surface area contributed by atoms with E-state index in [2.05, 4.69) is 0 Å². The maximum atomic E-state index is 10.1. The van der Waals surface area contributed by atoms with Gasteiger partial charge in [-0.05, 0) is 17.9 Å². The highest BCUT2D eigenvalue weighted by Gasteiger charge is 1.97. The molecule has 0 spiro atoms. The number of thiophene rings is 1. The lowest BCUT2D eigenvalue weighted by Crippen LogP contribution is -1.99. The predicted molar refractivity (Wildman–Crippen MR) is 39.8 cm³/mol. The summed E-state index contributed by atoms with van der Waals surface area (Å²) in [7, 11) is 5.47. The Morgan fingerprint density at radius 3 is 2.67 bits per heavy atom. The lowest BCUT2D eigenvalue weighted by Gasteiger charge is -1.80. The maximum absolute atomic E-state index is 10.1. The van der Waals surface area contributed by atoms with Crippen molar-refractivity contribution in [2.45, 2.75) is 6.92 Å². The molecule has 1 rings (SSSR count). The summed E-state index contributed by atoms with van der Waals surface area (Å²) in [6, 6.07) is 1.69. The van der Waals surface area contributed by atoms with Crippen LogP contribution in [0.2, 0.25) is 0 Å². The smallest absolute Gasteiger partial charge is 0.159 e. The Balaban J connectivity index is 3.11. The third-order valence-corrected chi connectivity index (χ3v) is 2.08. The Labute approximate surface area is 59.1 Å². The summed E-state index contributed by atoms with van der Waals surface area (Å²) in [5.41, 5.74) is 0.710. The second kappa shape index (κ2) is 2.35. The number of carbonyl (C=O) groups is 1. The minimum atomic E-state index is 0.699. The molecule has 0 saturated carbocycles. The SMILES string of the molecule is [B]c1cc(C=O)sc1C. The summed E-state index contributed by atoms with van der Waals surface area (Å²) in [5, 5.41) is 0. The van der Waals surface area contributed by atoms with Crippen molar-refractivity contribution in [3.05, 3.63) is 15.8 Å². The van der Waals surface area contributed by atoms with E-state index in [1.807, 2.05) is 6.92 Å². The number of aryl methyl sites for hydroxylation is 1. The van der Waals surface area contributed by atoms with E-state index in [4.69, 9.17) is 7.85 Å². The van der Waals surface area contributed by atoms with Crippen molar-refractivity contribution in [2.24, 2.45) is 0 Å². The Kier molecular flexibility index (Phi) is 1.71. The van der Waals surface area contributed by atoms with Gasteiger partial charge in [0.1, 0.15) is 7.85 Å². The number of carbonyl (C=O) groups excluding carboxylic acids is 1. The summed E-state index contributed by atoms with van der Waals surface area (Å²) in [5.74, 6) is 0. The number of hydrogen-bond acceptors (Lipinski definition) is 2. The summed E-state index contributed by atoms with van der Waals surface area (Å²) in [4.78, 5) is 11.8. The van der Waals surface area contributed by atoms with Crippen LogP contribution in [0, 0.1) is 6.92 Å². The fourth-order valence-electron chi connectivity index (χ4n) is 0.578.